The first-order valence-electron chi connectivity index (χ1n) is 8.55. The molecule has 26 heavy (non-hydrogen) atoms. The molecule has 1 aromatic heterocycles. The number of rotatable bonds is 6. The normalized spacial score (nSPS) is 14.8. The van der Waals surface area contributed by atoms with Gasteiger partial charge in [-0.15, -0.1) is 0 Å². The average molecular weight is 359 g/mol. The Morgan fingerprint density at radius 1 is 1.08 bits per heavy atom. The van der Waals surface area contributed by atoms with Crippen LogP contribution in [0.2, 0.25) is 0 Å². The summed E-state index contributed by atoms with van der Waals surface area (Å²) in [7, 11) is 4.74. The summed E-state index contributed by atoms with van der Waals surface area (Å²) in [6, 6.07) is 5.83. The molecular formula is C18H25N5O3. The highest BCUT2D eigenvalue weighted by Gasteiger charge is 2.18. The van der Waals surface area contributed by atoms with Gasteiger partial charge in [-0.3, -0.25) is 0 Å². The van der Waals surface area contributed by atoms with Crippen molar-refractivity contribution in [3.8, 4) is 17.2 Å². The SMILES string of the molecule is COc1cc(Nc2nccc(N3CCC(N)CC3)n2)cc(OC)c1OC. The van der Waals surface area contributed by atoms with Gasteiger partial charge in [0.15, 0.2) is 11.5 Å². The number of hydrogen-bond donors (Lipinski definition) is 2. The molecule has 0 atom stereocenters. The highest BCUT2D eigenvalue weighted by atomic mass is 16.5. The van der Waals surface area contributed by atoms with Crippen LogP contribution >= 0.6 is 0 Å². The van der Waals surface area contributed by atoms with Crippen molar-refractivity contribution in [2.75, 3.05) is 44.6 Å². The first kappa shape index (κ1) is 18.1. The Bertz CT molecular complexity index is 722. The molecule has 0 unspecified atom stereocenters. The summed E-state index contributed by atoms with van der Waals surface area (Å²) in [5.74, 6) is 3.07. The molecule has 0 radical (unpaired) electrons. The Morgan fingerprint density at radius 3 is 2.31 bits per heavy atom. The molecule has 1 fully saturated rings. The van der Waals surface area contributed by atoms with E-state index in [4.69, 9.17) is 19.9 Å². The summed E-state index contributed by atoms with van der Waals surface area (Å²) in [6.07, 6.45) is 3.69. The lowest BCUT2D eigenvalue weighted by Crippen LogP contribution is -2.40. The maximum Gasteiger partial charge on any atom is 0.229 e. The van der Waals surface area contributed by atoms with Crippen LogP contribution in [-0.4, -0.2) is 50.4 Å². The van der Waals surface area contributed by atoms with Crippen molar-refractivity contribution in [2.45, 2.75) is 18.9 Å². The lowest BCUT2D eigenvalue weighted by molar-refractivity contribution is 0.324. The van der Waals surface area contributed by atoms with Crippen LogP contribution in [0.5, 0.6) is 17.2 Å². The second kappa shape index (κ2) is 8.09. The molecule has 2 heterocycles. The summed E-state index contributed by atoms with van der Waals surface area (Å²) in [4.78, 5) is 11.2. The van der Waals surface area contributed by atoms with Crippen LogP contribution in [0, 0.1) is 0 Å². The van der Waals surface area contributed by atoms with Gasteiger partial charge in [0.2, 0.25) is 11.7 Å². The van der Waals surface area contributed by atoms with E-state index in [2.05, 4.69) is 20.2 Å². The summed E-state index contributed by atoms with van der Waals surface area (Å²) in [6.45, 7) is 1.81. The third kappa shape index (κ3) is 3.91. The molecule has 0 saturated carbocycles. The Hall–Kier alpha value is -2.74. The van der Waals surface area contributed by atoms with Crippen molar-refractivity contribution < 1.29 is 14.2 Å². The molecular weight excluding hydrogens is 334 g/mol. The lowest BCUT2D eigenvalue weighted by Gasteiger charge is -2.31. The molecule has 140 valence electrons. The predicted octanol–water partition coefficient (Wildman–Crippen LogP) is 2.17. The molecule has 1 aliphatic heterocycles. The van der Waals surface area contributed by atoms with Gasteiger partial charge in [0.25, 0.3) is 0 Å². The second-order valence-corrected chi connectivity index (χ2v) is 6.10. The zero-order valence-corrected chi connectivity index (χ0v) is 15.4. The smallest absolute Gasteiger partial charge is 0.229 e. The average Bonchev–Trinajstić information content (AvgIpc) is 2.68. The van der Waals surface area contributed by atoms with E-state index in [1.807, 2.05) is 18.2 Å². The summed E-state index contributed by atoms with van der Waals surface area (Å²) < 4.78 is 16.1. The molecule has 1 saturated heterocycles. The summed E-state index contributed by atoms with van der Waals surface area (Å²) in [5.41, 5.74) is 6.73. The van der Waals surface area contributed by atoms with E-state index >= 15 is 0 Å². The molecule has 0 bridgehead atoms. The Kier molecular flexibility index (Phi) is 5.62. The van der Waals surface area contributed by atoms with Gasteiger partial charge in [0.1, 0.15) is 5.82 Å². The van der Waals surface area contributed by atoms with Crippen LogP contribution in [0.15, 0.2) is 24.4 Å². The third-order valence-electron chi connectivity index (χ3n) is 4.43. The summed E-state index contributed by atoms with van der Waals surface area (Å²) >= 11 is 0. The lowest BCUT2D eigenvalue weighted by atomic mass is 10.1. The minimum atomic E-state index is 0.282. The van der Waals surface area contributed by atoms with E-state index in [1.165, 1.54) is 0 Å². The predicted molar refractivity (Wildman–Crippen MR) is 101 cm³/mol. The summed E-state index contributed by atoms with van der Waals surface area (Å²) in [5, 5.41) is 3.20. The van der Waals surface area contributed by atoms with Crippen molar-refractivity contribution >= 4 is 17.5 Å². The molecule has 2 aromatic rings. The topological polar surface area (TPSA) is 94.8 Å². The Labute approximate surface area is 153 Å². The number of ether oxygens (including phenoxy) is 3. The number of methoxy groups -OCH3 is 3. The monoisotopic (exact) mass is 359 g/mol. The van der Waals surface area contributed by atoms with Crippen LogP contribution < -0.4 is 30.2 Å². The number of nitrogens with zero attached hydrogens (tertiary/aromatic N) is 3. The highest BCUT2D eigenvalue weighted by Crippen LogP contribution is 2.40. The fraction of sp³-hybridized carbons (Fsp3) is 0.444. The molecule has 0 aliphatic carbocycles. The number of benzene rings is 1. The number of aromatic nitrogens is 2. The van der Waals surface area contributed by atoms with Gasteiger partial charge in [-0.1, -0.05) is 0 Å². The van der Waals surface area contributed by atoms with Gasteiger partial charge in [0.05, 0.1) is 21.3 Å². The number of nitrogens with one attached hydrogen (secondary N) is 1. The number of nitrogens with two attached hydrogens (primary N) is 1. The van der Waals surface area contributed by atoms with E-state index in [9.17, 15) is 0 Å². The van der Waals surface area contributed by atoms with E-state index in [0.29, 0.717) is 23.2 Å². The van der Waals surface area contributed by atoms with Crippen molar-refractivity contribution in [3.63, 3.8) is 0 Å². The highest BCUT2D eigenvalue weighted by molar-refractivity contribution is 5.66. The number of hydrogen-bond acceptors (Lipinski definition) is 8. The minimum Gasteiger partial charge on any atom is -0.493 e. The quantitative estimate of drug-likeness (QED) is 0.810. The van der Waals surface area contributed by atoms with Gasteiger partial charge in [-0.2, -0.15) is 4.98 Å². The molecule has 3 rings (SSSR count). The van der Waals surface area contributed by atoms with E-state index in [0.717, 1.165) is 37.4 Å². The molecule has 1 aliphatic rings. The van der Waals surface area contributed by atoms with Crippen LogP contribution in [0.25, 0.3) is 0 Å². The first-order valence-corrected chi connectivity index (χ1v) is 8.55. The Morgan fingerprint density at radius 2 is 1.73 bits per heavy atom. The molecule has 0 spiro atoms. The number of piperidine rings is 1. The minimum absolute atomic E-state index is 0.282. The zero-order chi connectivity index (χ0) is 18.5. The van der Waals surface area contributed by atoms with Gasteiger partial charge in [0, 0.05) is 43.1 Å². The van der Waals surface area contributed by atoms with Gasteiger partial charge >= 0.3 is 0 Å². The number of anilines is 3. The van der Waals surface area contributed by atoms with Gasteiger partial charge in [-0.25, -0.2) is 4.98 Å². The second-order valence-electron chi connectivity index (χ2n) is 6.10. The van der Waals surface area contributed by atoms with Crippen LogP contribution in [0.1, 0.15) is 12.8 Å². The van der Waals surface area contributed by atoms with Crippen molar-refractivity contribution in [2.24, 2.45) is 5.73 Å². The van der Waals surface area contributed by atoms with Crippen molar-refractivity contribution in [3.05, 3.63) is 24.4 Å². The fourth-order valence-corrected chi connectivity index (χ4v) is 3.00. The molecule has 3 N–H and O–H groups in total. The van der Waals surface area contributed by atoms with E-state index < -0.39 is 0 Å². The first-order chi connectivity index (χ1) is 12.6. The molecule has 8 heteroatoms. The van der Waals surface area contributed by atoms with E-state index in [-0.39, 0.29) is 6.04 Å². The van der Waals surface area contributed by atoms with Crippen molar-refractivity contribution in [1.29, 1.82) is 0 Å². The van der Waals surface area contributed by atoms with Crippen LogP contribution in [-0.2, 0) is 0 Å². The van der Waals surface area contributed by atoms with Crippen LogP contribution in [0.4, 0.5) is 17.5 Å². The maximum absolute atomic E-state index is 5.98. The standard InChI is InChI=1S/C18H25N5O3/c1-24-14-10-13(11-15(25-2)17(14)26-3)21-18-20-7-4-16(22-18)23-8-5-12(19)6-9-23/h4,7,10-12H,5-6,8-9,19H2,1-3H3,(H,20,21,22). The fourth-order valence-electron chi connectivity index (χ4n) is 3.00. The van der Waals surface area contributed by atoms with Gasteiger partial charge < -0.3 is 30.2 Å². The van der Waals surface area contributed by atoms with Gasteiger partial charge in [-0.05, 0) is 18.9 Å². The molecule has 1 aromatic carbocycles. The Balaban J connectivity index is 1.82. The largest absolute Gasteiger partial charge is 0.493 e. The molecule has 8 nitrogen and oxygen atoms in total. The van der Waals surface area contributed by atoms with Crippen LogP contribution in [0.3, 0.4) is 0 Å². The van der Waals surface area contributed by atoms with Crippen molar-refractivity contribution in [1.82, 2.24) is 9.97 Å². The third-order valence-corrected chi connectivity index (χ3v) is 4.43. The zero-order valence-electron chi connectivity index (χ0n) is 15.4. The van der Waals surface area contributed by atoms with E-state index in [1.54, 1.807) is 27.5 Å². The maximum atomic E-state index is 5.98. The molecule has 0 amide bonds.